The summed E-state index contributed by atoms with van der Waals surface area (Å²) in [4.78, 5) is 0. The number of hydrogen-bond donors (Lipinski definition) is 1. The van der Waals surface area contributed by atoms with Crippen molar-refractivity contribution in [2.45, 2.75) is 19.4 Å². The highest BCUT2D eigenvalue weighted by Crippen LogP contribution is 2.39. The zero-order chi connectivity index (χ0) is 13.6. The Morgan fingerprint density at radius 1 is 1.21 bits per heavy atom. The van der Waals surface area contributed by atoms with Gasteiger partial charge in [-0.25, -0.2) is 8.78 Å². The van der Waals surface area contributed by atoms with Gasteiger partial charge in [0, 0.05) is 16.3 Å². The van der Waals surface area contributed by atoms with Gasteiger partial charge in [0.05, 0.1) is 6.04 Å². The molecule has 0 aromatic heterocycles. The first kappa shape index (κ1) is 12.4. The molecule has 1 heterocycles. The second-order valence-corrected chi connectivity index (χ2v) is 5.18. The van der Waals surface area contributed by atoms with E-state index >= 15 is 0 Å². The van der Waals surface area contributed by atoms with Gasteiger partial charge in [-0.15, -0.1) is 0 Å². The molecule has 1 unspecified atom stereocenters. The van der Waals surface area contributed by atoms with Crippen molar-refractivity contribution in [3.05, 3.63) is 63.7 Å². The van der Waals surface area contributed by atoms with Crippen LogP contribution in [0, 0.1) is 18.6 Å². The summed E-state index contributed by atoms with van der Waals surface area (Å²) in [7, 11) is 0. The third-order valence-electron chi connectivity index (χ3n) is 3.56. The lowest BCUT2D eigenvalue weighted by atomic mass is 10.0. The number of nitrogens with one attached hydrogen (secondary N) is 1. The zero-order valence-electron chi connectivity index (χ0n) is 10.3. The normalized spacial score (nSPS) is 17.2. The lowest BCUT2D eigenvalue weighted by Crippen LogP contribution is -2.08. The molecule has 19 heavy (non-hydrogen) atoms. The van der Waals surface area contributed by atoms with Crippen molar-refractivity contribution in [3.8, 4) is 0 Å². The number of fused-ring (bicyclic) bond motifs is 1. The van der Waals surface area contributed by atoms with E-state index in [1.807, 2.05) is 19.1 Å². The molecule has 1 nitrogen and oxygen atoms in total. The molecule has 98 valence electrons. The van der Waals surface area contributed by atoms with Gasteiger partial charge in [-0.2, -0.15) is 0 Å². The van der Waals surface area contributed by atoms with Crippen LogP contribution in [0.15, 0.2) is 30.3 Å². The first-order valence-electron chi connectivity index (χ1n) is 6.05. The maximum absolute atomic E-state index is 13.8. The van der Waals surface area contributed by atoms with Crippen molar-refractivity contribution in [1.82, 2.24) is 0 Å². The first-order valence-corrected chi connectivity index (χ1v) is 6.43. The van der Waals surface area contributed by atoms with Crippen LogP contribution in [-0.4, -0.2) is 0 Å². The third-order valence-corrected chi connectivity index (χ3v) is 3.97. The average Bonchev–Trinajstić information content (AvgIpc) is 2.81. The molecule has 0 bridgehead atoms. The van der Waals surface area contributed by atoms with Crippen LogP contribution in [0.5, 0.6) is 0 Å². The monoisotopic (exact) mass is 279 g/mol. The summed E-state index contributed by atoms with van der Waals surface area (Å²) in [5, 5.41) is 3.91. The van der Waals surface area contributed by atoms with Crippen LogP contribution in [0.1, 0.15) is 22.7 Å². The molecule has 1 aliphatic rings. The molecule has 0 saturated carbocycles. The zero-order valence-corrected chi connectivity index (χ0v) is 11.1. The van der Waals surface area contributed by atoms with E-state index in [-0.39, 0.29) is 6.04 Å². The van der Waals surface area contributed by atoms with Crippen molar-refractivity contribution in [2.75, 3.05) is 5.32 Å². The van der Waals surface area contributed by atoms with Crippen LogP contribution < -0.4 is 5.32 Å². The SMILES string of the molecule is Cc1c(Cl)ccc2c1NC(c1cc(F)ccc1F)C2. The molecule has 0 radical (unpaired) electrons. The molecule has 1 atom stereocenters. The maximum Gasteiger partial charge on any atom is 0.128 e. The fourth-order valence-electron chi connectivity index (χ4n) is 2.53. The summed E-state index contributed by atoms with van der Waals surface area (Å²) in [5.74, 6) is -0.820. The molecular formula is C15H12ClF2N. The summed E-state index contributed by atoms with van der Waals surface area (Å²) in [5.41, 5.74) is 3.31. The number of anilines is 1. The van der Waals surface area contributed by atoms with Crippen molar-refractivity contribution < 1.29 is 8.78 Å². The van der Waals surface area contributed by atoms with E-state index in [4.69, 9.17) is 11.6 Å². The van der Waals surface area contributed by atoms with Gasteiger partial charge in [-0.3, -0.25) is 0 Å². The molecule has 0 aliphatic carbocycles. The minimum absolute atomic E-state index is 0.247. The first-order chi connectivity index (χ1) is 9.06. The Balaban J connectivity index is 2.00. The summed E-state index contributed by atoms with van der Waals surface area (Å²) in [6.45, 7) is 1.92. The van der Waals surface area contributed by atoms with Crippen LogP contribution in [-0.2, 0) is 6.42 Å². The average molecular weight is 280 g/mol. The van der Waals surface area contributed by atoms with E-state index in [1.54, 1.807) is 0 Å². The Hall–Kier alpha value is -1.61. The van der Waals surface area contributed by atoms with Gasteiger partial charge >= 0.3 is 0 Å². The van der Waals surface area contributed by atoms with E-state index in [9.17, 15) is 8.78 Å². The van der Waals surface area contributed by atoms with Crippen LogP contribution in [0.2, 0.25) is 5.02 Å². The summed E-state index contributed by atoms with van der Waals surface area (Å²) >= 11 is 6.07. The third kappa shape index (κ3) is 2.08. The Morgan fingerprint density at radius 3 is 2.79 bits per heavy atom. The number of halogens is 3. The number of hydrogen-bond acceptors (Lipinski definition) is 1. The Labute approximate surface area is 115 Å². The van der Waals surface area contributed by atoms with E-state index in [2.05, 4.69) is 5.32 Å². The van der Waals surface area contributed by atoms with Crippen LogP contribution in [0.25, 0.3) is 0 Å². The lowest BCUT2D eigenvalue weighted by molar-refractivity contribution is 0.573. The van der Waals surface area contributed by atoms with Gasteiger partial charge in [-0.05, 0) is 48.7 Å². The van der Waals surface area contributed by atoms with E-state index in [0.717, 1.165) is 28.9 Å². The number of benzene rings is 2. The molecule has 4 heteroatoms. The van der Waals surface area contributed by atoms with Gasteiger partial charge in [0.25, 0.3) is 0 Å². The Morgan fingerprint density at radius 2 is 2.00 bits per heavy atom. The molecule has 1 N–H and O–H groups in total. The standard InChI is InChI=1S/C15H12ClF2N/c1-8-12(16)4-2-9-6-14(19-15(8)9)11-7-10(17)3-5-13(11)18/h2-5,7,14,19H,6H2,1H3. The predicted molar refractivity (Wildman–Crippen MR) is 72.6 cm³/mol. The van der Waals surface area contributed by atoms with Gasteiger partial charge in [-0.1, -0.05) is 17.7 Å². The summed E-state index contributed by atoms with van der Waals surface area (Å²) in [6, 6.07) is 7.05. The van der Waals surface area contributed by atoms with Crippen LogP contribution in [0.4, 0.5) is 14.5 Å². The van der Waals surface area contributed by atoms with Gasteiger partial charge < -0.3 is 5.32 Å². The summed E-state index contributed by atoms with van der Waals surface area (Å²) < 4.78 is 27.0. The molecule has 1 aliphatic heterocycles. The van der Waals surface area contributed by atoms with Crippen LogP contribution >= 0.6 is 11.6 Å². The lowest BCUT2D eigenvalue weighted by Gasteiger charge is -2.13. The van der Waals surface area contributed by atoms with Crippen LogP contribution in [0.3, 0.4) is 0 Å². The highest BCUT2D eigenvalue weighted by atomic mass is 35.5. The maximum atomic E-state index is 13.8. The fraction of sp³-hybridized carbons (Fsp3) is 0.200. The molecule has 0 fully saturated rings. The van der Waals surface area contributed by atoms with Crippen molar-refractivity contribution in [1.29, 1.82) is 0 Å². The van der Waals surface area contributed by atoms with E-state index in [1.165, 1.54) is 6.07 Å². The highest BCUT2D eigenvalue weighted by molar-refractivity contribution is 6.31. The highest BCUT2D eigenvalue weighted by Gasteiger charge is 2.26. The van der Waals surface area contributed by atoms with Crippen molar-refractivity contribution in [3.63, 3.8) is 0 Å². The second-order valence-electron chi connectivity index (χ2n) is 4.77. The van der Waals surface area contributed by atoms with E-state index < -0.39 is 11.6 Å². The topological polar surface area (TPSA) is 12.0 Å². The molecule has 0 spiro atoms. The predicted octanol–water partition coefficient (Wildman–Crippen LogP) is 4.64. The molecule has 0 amide bonds. The minimum Gasteiger partial charge on any atom is -0.377 e. The van der Waals surface area contributed by atoms with E-state index in [0.29, 0.717) is 17.0 Å². The minimum atomic E-state index is -0.427. The molecule has 3 rings (SSSR count). The Bertz CT molecular complexity index is 655. The smallest absolute Gasteiger partial charge is 0.128 e. The number of rotatable bonds is 1. The van der Waals surface area contributed by atoms with Crippen molar-refractivity contribution >= 4 is 17.3 Å². The molecule has 2 aromatic carbocycles. The van der Waals surface area contributed by atoms with Gasteiger partial charge in [0.2, 0.25) is 0 Å². The van der Waals surface area contributed by atoms with Gasteiger partial charge in [0.15, 0.2) is 0 Å². The quantitative estimate of drug-likeness (QED) is 0.802. The Kier molecular flexibility index (Phi) is 2.94. The van der Waals surface area contributed by atoms with Gasteiger partial charge in [0.1, 0.15) is 11.6 Å². The molecular weight excluding hydrogens is 268 g/mol. The summed E-state index contributed by atoms with van der Waals surface area (Å²) in [6.07, 6.45) is 0.633. The van der Waals surface area contributed by atoms with Crippen molar-refractivity contribution in [2.24, 2.45) is 0 Å². The molecule has 0 saturated heterocycles. The largest absolute Gasteiger partial charge is 0.377 e. The molecule has 2 aromatic rings. The second kappa shape index (κ2) is 4.49. The fourth-order valence-corrected chi connectivity index (χ4v) is 2.69.